The fourth-order valence-electron chi connectivity index (χ4n) is 2.37. The number of carbonyl (C=O) groups excluding carboxylic acids is 2. The van der Waals surface area contributed by atoms with Crippen LogP contribution in [-0.4, -0.2) is 24.8 Å². The molecule has 0 fully saturated rings. The standard InChI is InChI=1S/C18H23NO5/c1-10-12(16(20)22-6)7-8-14-13(10)9-15(23-14)11(2)19-17(21)24-18(3,4)5/h7-9,11H,1-6H3,(H,19,21). The van der Waals surface area contributed by atoms with E-state index in [1.54, 1.807) is 39.8 Å². The molecule has 1 heterocycles. The molecule has 0 radical (unpaired) electrons. The van der Waals surface area contributed by atoms with Gasteiger partial charge in [-0.05, 0) is 58.4 Å². The van der Waals surface area contributed by atoms with Crippen molar-refractivity contribution in [2.75, 3.05) is 7.11 Å². The molecule has 1 N–H and O–H groups in total. The molecule has 6 nitrogen and oxygen atoms in total. The van der Waals surface area contributed by atoms with E-state index in [0.29, 0.717) is 16.9 Å². The van der Waals surface area contributed by atoms with Gasteiger partial charge in [0.05, 0.1) is 18.7 Å². The number of hydrogen-bond donors (Lipinski definition) is 1. The summed E-state index contributed by atoms with van der Waals surface area (Å²) in [6.45, 7) is 9.04. The number of carbonyl (C=O) groups is 2. The summed E-state index contributed by atoms with van der Waals surface area (Å²) in [5, 5.41) is 3.55. The van der Waals surface area contributed by atoms with Gasteiger partial charge in [-0.3, -0.25) is 0 Å². The zero-order chi connectivity index (χ0) is 18.1. The summed E-state index contributed by atoms with van der Waals surface area (Å²) in [5.41, 5.74) is 1.35. The molecule has 24 heavy (non-hydrogen) atoms. The maximum absolute atomic E-state index is 11.9. The first-order valence-electron chi connectivity index (χ1n) is 7.73. The normalized spacial score (nSPS) is 12.8. The van der Waals surface area contributed by atoms with Crippen molar-refractivity contribution in [2.45, 2.75) is 46.3 Å². The van der Waals surface area contributed by atoms with E-state index in [0.717, 1.165) is 10.9 Å². The number of ether oxygens (including phenoxy) is 2. The highest BCUT2D eigenvalue weighted by Crippen LogP contribution is 2.29. The van der Waals surface area contributed by atoms with Crippen LogP contribution in [0.1, 0.15) is 55.4 Å². The minimum Gasteiger partial charge on any atom is -0.465 e. The van der Waals surface area contributed by atoms with Crippen LogP contribution in [0.4, 0.5) is 4.79 Å². The maximum Gasteiger partial charge on any atom is 0.408 e. The molecule has 6 heteroatoms. The van der Waals surface area contributed by atoms with E-state index in [1.165, 1.54) is 7.11 Å². The number of benzene rings is 1. The number of fused-ring (bicyclic) bond motifs is 1. The lowest BCUT2D eigenvalue weighted by Crippen LogP contribution is -2.33. The van der Waals surface area contributed by atoms with E-state index < -0.39 is 17.7 Å². The quantitative estimate of drug-likeness (QED) is 0.855. The van der Waals surface area contributed by atoms with Gasteiger partial charge in [-0.1, -0.05) is 0 Å². The van der Waals surface area contributed by atoms with Crippen LogP contribution in [0.2, 0.25) is 0 Å². The maximum atomic E-state index is 11.9. The van der Waals surface area contributed by atoms with Crippen LogP contribution in [0.15, 0.2) is 22.6 Å². The summed E-state index contributed by atoms with van der Waals surface area (Å²) < 4.78 is 15.8. The molecule has 0 aliphatic heterocycles. The van der Waals surface area contributed by atoms with Crippen molar-refractivity contribution in [3.05, 3.63) is 35.1 Å². The first-order chi connectivity index (χ1) is 11.1. The zero-order valence-corrected chi connectivity index (χ0v) is 14.9. The molecule has 1 unspecified atom stereocenters. The van der Waals surface area contributed by atoms with Crippen molar-refractivity contribution in [3.63, 3.8) is 0 Å². The van der Waals surface area contributed by atoms with E-state index >= 15 is 0 Å². The lowest BCUT2D eigenvalue weighted by Gasteiger charge is -2.21. The van der Waals surface area contributed by atoms with E-state index in [9.17, 15) is 9.59 Å². The Labute approximate surface area is 141 Å². The summed E-state index contributed by atoms with van der Waals surface area (Å²) in [5.74, 6) is 0.193. The highest BCUT2D eigenvalue weighted by atomic mass is 16.6. The molecule has 1 aromatic carbocycles. The predicted molar refractivity (Wildman–Crippen MR) is 90.1 cm³/mol. The van der Waals surface area contributed by atoms with Crippen molar-refractivity contribution in [1.82, 2.24) is 5.32 Å². The topological polar surface area (TPSA) is 77.8 Å². The van der Waals surface area contributed by atoms with E-state index in [-0.39, 0.29) is 6.04 Å². The third-order valence-electron chi connectivity index (χ3n) is 3.55. The van der Waals surface area contributed by atoms with Gasteiger partial charge in [0.15, 0.2) is 0 Å². The number of amides is 1. The highest BCUT2D eigenvalue weighted by molar-refractivity contribution is 5.97. The Hall–Kier alpha value is -2.50. The molecular formula is C18H23NO5. The summed E-state index contributed by atoms with van der Waals surface area (Å²) in [6.07, 6.45) is -0.512. The summed E-state index contributed by atoms with van der Waals surface area (Å²) in [4.78, 5) is 23.6. The highest BCUT2D eigenvalue weighted by Gasteiger charge is 2.21. The molecule has 0 aliphatic rings. The minimum atomic E-state index is -0.566. The molecule has 2 aromatic rings. The summed E-state index contributed by atoms with van der Waals surface area (Å²) in [6, 6.07) is 4.84. The smallest absolute Gasteiger partial charge is 0.408 e. The van der Waals surface area contributed by atoms with Crippen LogP contribution in [0.25, 0.3) is 11.0 Å². The second-order valence-electron chi connectivity index (χ2n) is 6.66. The first-order valence-corrected chi connectivity index (χ1v) is 7.73. The molecule has 130 valence electrons. The van der Waals surface area contributed by atoms with Gasteiger partial charge in [0, 0.05) is 5.39 Å². The monoisotopic (exact) mass is 333 g/mol. The zero-order valence-electron chi connectivity index (χ0n) is 14.9. The van der Waals surface area contributed by atoms with Crippen LogP contribution in [0.3, 0.4) is 0 Å². The van der Waals surface area contributed by atoms with Crippen molar-refractivity contribution >= 4 is 23.0 Å². The molecule has 0 saturated heterocycles. The number of rotatable bonds is 3. The molecule has 1 amide bonds. The molecular weight excluding hydrogens is 310 g/mol. The molecule has 1 atom stereocenters. The van der Waals surface area contributed by atoms with Gasteiger partial charge in [0.1, 0.15) is 16.9 Å². The van der Waals surface area contributed by atoms with Gasteiger partial charge in [-0.15, -0.1) is 0 Å². The Bertz CT molecular complexity index is 770. The van der Waals surface area contributed by atoms with Crippen molar-refractivity contribution in [1.29, 1.82) is 0 Å². The third kappa shape index (κ3) is 3.88. The van der Waals surface area contributed by atoms with Crippen LogP contribution in [0, 0.1) is 6.92 Å². The van der Waals surface area contributed by atoms with E-state index in [4.69, 9.17) is 13.9 Å². The molecule has 0 spiro atoms. The predicted octanol–water partition coefficient (Wildman–Crippen LogP) is 4.11. The molecule has 0 bridgehead atoms. The van der Waals surface area contributed by atoms with E-state index in [1.807, 2.05) is 13.0 Å². The van der Waals surface area contributed by atoms with Gasteiger partial charge in [0.2, 0.25) is 0 Å². The van der Waals surface area contributed by atoms with Gasteiger partial charge in [-0.2, -0.15) is 0 Å². The number of nitrogens with one attached hydrogen (secondary N) is 1. The third-order valence-corrected chi connectivity index (χ3v) is 3.55. The Morgan fingerprint density at radius 3 is 2.50 bits per heavy atom. The molecule has 2 rings (SSSR count). The van der Waals surface area contributed by atoms with Gasteiger partial charge in [-0.25, -0.2) is 9.59 Å². The molecule has 1 aromatic heterocycles. The molecule has 0 saturated carbocycles. The minimum absolute atomic E-state index is 0.367. The Kier molecular flexibility index (Phi) is 4.87. The van der Waals surface area contributed by atoms with Crippen molar-refractivity contribution < 1.29 is 23.5 Å². The van der Waals surface area contributed by atoms with Gasteiger partial charge >= 0.3 is 12.1 Å². The Morgan fingerprint density at radius 2 is 1.92 bits per heavy atom. The number of alkyl carbamates (subject to hydrolysis) is 1. The number of furan rings is 1. The summed E-state index contributed by atoms with van der Waals surface area (Å²) >= 11 is 0. The number of aryl methyl sites for hydroxylation is 1. The molecule has 0 aliphatic carbocycles. The first kappa shape index (κ1) is 17.8. The SMILES string of the molecule is COC(=O)c1ccc2oc(C(C)NC(=O)OC(C)(C)C)cc2c1C. The number of methoxy groups -OCH3 is 1. The van der Waals surface area contributed by atoms with Crippen LogP contribution < -0.4 is 5.32 Å². The second-order valence-corrected chi connectivity index (χ2v) is 6.66. The lowest BCUT2D eigenvalue weighted by atomic mass is 10.0. The summed E-state index contributed by atoms with van der Waals surface area (Å²) in [7, 11) is 1.35. The van der Waals surface area contributed by atoms with Crippen LogP contribution in [0.5, 0.6) is 0 Å². The number of hydrogen-bond acceptors (Lipinski definition) is 5. The van der Waals surface area contributed by atoms with Gasteiger partial charge in [0.25, 0.3) is 0 Å². The largest absolute Gasteiger partial charge is 0.465 e. The van der Waals surface area contributed by atoms with Crippen molar-refractivity contribution in [3.8, 4) is 0 Å². The van der Waals surface area contributed by atoms with E-state index in [2.05, 4.69) is 5.32 Å². The fourth-order valence-corrected chi connectivity index (χ4v) is 2.37. The average molecular weight is 333 g/mol. The average Bonchev–Trinajstić information content (AvgIpc) is 2.90. The second kappa shape index (κ2) is 6.55. The van der Waals surface area contributed by atoms with Crippen LogP contribution >= 0.6 is 0 Å². The number of esters is 1. The fraction of sp³-hybridized carbons (Fsp3) is 0.444. The Balaban J connectivity index is 2.26. The van der Waals surface area contributed by atoms with Crippen LogP contribution in [-0.2, 0) is 9.47 Å². The van der Waals surface area contributed by atoms with Crippen molar-refractivity contribution in [2.24, 2.45) is 0 Å². The van der Waals surface area contributed by atoms with Gasteiger partial charge < -0.3 is 19.2 Å². The lowest BCUT2D eigenvalue weighted by molar-refractivity contribution is 0.0501. The Morgan fingerprint density at radius 1 is 1.25 bits per heavy atom.